The Hall–Kier alpha value is -2.34. The minimum Gasteiger partial charge on any atom is -0.450 e. The first kappa shape index (κ1) is 15.6. The van der Waals surface area contributed by atoms with Crippen LogP contribution in [0.15, 0.2) is 30.5 Å². The summed E-state index contributed by atoms with van der Waals surface area (Å²) in [6.45, 7) is 3.25. The van der Waals surface area contributed by atoms with Crippen molar-refractivity contribution in [1.29, 1.82) is 0 Å². The van der Waals surface area contributed by atoms with Crippen LogP contribution in [0, 0.1) is 0 Å². The maximum Gasteiger partial charge on any atom is 0.410 e. The van der Waals surface area contributed by atoms with E-state index in [0.29, 0.717) is 37.1 Å². The minimum absolute atomic E-state index is 0.292. The number of hydrogen-bond donors (Lipinski definition) is 1. The molecule has 2 aromatic rings. The summed E-state index contributed by atoms with van der Waals surface area (Å²) in [4.78, 5) is 22.3. The molecular weight excluding hydrogens is 316 g/mol. The molecule has 0 spiro atoms. The van der Waals surface area contributed by atoms with Crippen LogP contribution in [0.5, 0.6) is 0 Å². The lowest BCUT2D eigenvalue weighted by Crippen LogP contribution is -2.36. The van der Waals surface area contributed by atoms with Gasteiger partial charge in [0.05, 0.1) is 18.8 Å². The Morgan fingerprint density at radius 3 is 3.13 bits per heavy atom. The van der Waals surface area contributed by atoms with E-state index in [-0.39, 0.29) is 6.09 Å². The highest BCUT2D eigenvalue weighted by Crippen LogP contribution is 2.21. The van der Waals surface area contributed by atoms with Gasteiger partial charge in [0, 0.05) is 35.4 Å². The highest BCUT2D eigenvalue weighted by molar-refractivity contribution is 6.30. The van der Waals surface area contributed by atoms with Crippen molar-refractivity contribution < 1.29 is 9.53 Å². The van der Waals surface area contributed by atoms with Gasteiger partial charge >= 0.3 is 6.09 Å². The number of amides is 1. The van der Waals surface area contributed by atoms with Crippen LogP contribution >= 0.6 is 11.6 Å². The summed E-state index contributed by atoms with van der Waals surface area (Å²) < 4.78 is 5.03. The van der Waals surface area contributed by atoms with Gasteiger partial charge in [0.2, 0.25) is 5.95 Å². The Bertz CT molecular complexity index is 723. The quantitative estimate of drug-likeness (QED) is 0.933. The molecular formula is C16H17ClN4O2. The molecule has 120 valence electrons. The zero-order chi connectivity index (χ0) is 16.2. The molecule has 1 amide bonds. The van der Waals surface area contributed by atoms with Gasteiger partial charge in [0.1, 0.15) is 0 Å². The van der Waals surface area contributed by atoms with Crippen LogP contribution < -0.4 is 5.32 Å². The number of hydrogen-bond acceptors (Lipinski definition) is 5. The zero-order valence-corrected chi connectivity index (χ0v) is 13.5. The maximum atomic E-state index is 11.8. The maximum absolute atomic E-state index is 11.8. The molecule has 3 rings (SSSR count). The van der Waals surface area contributed by atoms with Gasteiger partial charge in [-0.1, -0.05) is 17.7 Å². The summed E-state index contributed by atoms with van der Waals surface area (Å²) in [6.07, 6.45) is 2.14. The van der Waals surface area contributed by atoms with Crippen LogP contribution in [0.4, 0.5) is 16.4 Å². The smallest absolute Gasteiger partial charge is 0.410 e. The van der Waals surface area contributed by atoms with E-state index in [9.17, 15) is 4.79 Å². The first-order chi connectivity index (χ1) is 11.2. The molecule has 0 saturated carbocycles. The largest absolute Gasteiger partial charge is 0.450 e. The van der Waals surface area contributed by atoms with Crippen LogP contribution in [0.25, 0.3) is 0 Å². The SMILES string of the molecule is CCOC(=O)N1CCc2nc(Nc3cccc(Cl)c3)ncc2C1. The fourth-order valence-corrected chi connectivity index (χ4v) is 2.63. The summed E-state index contributed by atoms with van der Waals surface area (Å²) in [5.74, 6) is 0.524. The van der Waals surface area contributed by atoms with E-state index >= 15 is 0 Å². The Kier molecular flexibility index (Phi) is 4.62. The lowest BCUT2D eigenvalue weighted by molar-refractivity contribution is 0.102. The zero-order valence-electron chi connectivity index (χ0n) is 12.8. The van der Waals surface area contributed by atoms with Crippen molar-refractivity contribution in [2.45, 2.75) is 19.9 Å². The Morgan fingerprint density at radius 2 is 2.35 bits per heavy atom. The van der Waals surface area contributed by atoms with Gasteiger partial charge in [-0.25, -0.2) is 14.8 Å². The standard InChI is InChI=1S/C16H17ClN4O2/c1-2-23-16(22)21-7-6-14-11(10-21)9-18-15(20-14)19-13-5-3-4-12(17)8-13/h3-5,8-9H,2,6-7,10H2,1H3,(H,18,19,20). The van der Waals surface area contributed by atoms with Crippen molar-refractivity contribution in [3.63, 3.8) is 0 Å². The predicted octanol–water partition coefficient (Wildman–Crippen LogP) is 3.39. The number of benzene rings is 1. The van der Waals surface area contributed by atoms with Crippen LogP contribution in [-0.4, -0.2) is 34.1 Å². The average molecular weight is 333 g/mol. The van der Waals surface area contributed by atoms with Crippen LogP contribution in [0.3, 0.4) is 0 Å². The number of anilines is 2. The van der Waals surface area contributed by atoms with Gasteiger partial charge in [-0.3, -0.25) is 0 Å². The van der Waals surface area contributed by atoms with E-state index < -0.39 is 0 Å². The third-order valence-electron chi connectivity index (χ3n) is 3.54. The third-order valence-corrected chi connectivity index (χ3v) is 3.78. The van der Waals surface area contributed by atoms with E-state index in [4.69, 9.17) is 16.3 Å². The molecule has 1 aromatic carbocycles. The number of nitrogens with zero attached hydrogens (tertiary/aromatic N) is 3. The monoisotopic (exact) mass is 332 g/mol. The number of rotatable bonds is 3. The van der Waals surface area contributed by atoms with Gasteiger partial charge in [-0.15, -0.1) is 0 Å². The van der Waals surface area contributed by atoms with Gasteiger partial charge in [-0.2, -0.15) is 0 Å². The highest BCUT2D eigenvalue weighted by atomic mass is 35.5. The molecule has 6 nitrogen and oxygen atoms in total. The van der Waals surface area contributed by atoms with E-state index in [1.165, 1.54) is 0 Å². The van der Waals surface area contributed by atoms with Crippen molar-refractivity contribution in [3.8, 4) is 0 Å². The van der Waals surface area contributed by atoms with E-state index in [2.05, 4.69) is 15.3 Å². The summed E-state index contributed by atoms with van der Waals surface area (Å²) in [7, 11) is 0. The molecule has 7 heteroatoms. The molecule has 0 bridgehead atoms. The number of ether oxygens (including phenoxy) is 1. The Balaban J connectivity index is 1.73. The minimum atomic E-state index is -0.292. The van der Waals surface area contributed by atoms with E-state index in [1.807, 2.05) is 24.3 Å². The number of carbonyl (C=O) groups excluding carboxylic acids is 1. The fraction of sp³-hybridized carbons (Fsp3) is 0.312. The number of aromatic nitrogens is 2. The molecule has 0 radical (unpaired) electrons. The molecule has 0 atom stereocenters. The Morgan fingerprint density at radius 1 is 1.48 bits per heavy atom. The summed E-state index contributed by atoms with van der Waals surface area (Å²) in [5.41, 5.74) is 2.73. The molecule has 0 aliphatic carbocycles. The lowest BCUT2D eigenvalue weighted by Gasteiger charge is -2.27. The van der Waals surface area contributed by atoms with Gasteiger partial charge in [0.25, 0.3) is 0 Å². The van der Waals surface area contributed by atoms with E-state index in [1.54, 1.807) is 18.0 Å². The molecule has 1 aliphatic heterocycles. The molecule has 1 N–H and O–H groups in total. The van der Waals surface area contributed by atoms with Gasteiger partial charge in [0.15, 0.2) is 0 Å². The lowest BCUT2D eigenvalue weighted by atomic mass is 10.1. The molecule has 1 aliphatic rings. The van der Waals surface area contributed by atoms with Crippen molar-refractivity contribution in [2.75, 3.05) is 18.5 Å². The first-order valence-corrected chi connectivity index (χ1v) is 7.82. The molecule has 0 saturated heterocycles. The summed E-state index contributed by atoms with van der Waals surface area (Å²) in [6, 6.07) is 7.38. The molecule has 1 aromatic heterocycles. The second-order valence-electron chi connectivity index (χ2n) is 5.17. The van der Waals surface area contributed by atoms with Crippen LogP contribution in [0.1, 0.15) is 18.2 Å². The first-order valence-electron chi connectivity index (χ1n) is 7.45. The number of fused-ring (bicyclic) bond motifs is 1. The van der Waals surface area contributed by atoms with Crippen molar-refractivity contribution in [1.82, 2.24) is 14.9 Å². The molecule has 0 fully saturated rings. The number of carbonyl (C=O) groups is 1. The summed E-state index contributed by atoms with van der Waals surface area (Å²) >= 11 is 5.97. The van der Waals surface area contributed by atoms with Crippen molar-refractivity contribution in [2.24, 2.45) is 0 Å². The highest BCUT2D eigenvalue weighted by Gasteiger charge is 2.23. The third kappa shape index (κ3) is 3.71. The normalized spacial score (nSPS) is 13.4. The summed E-state index contributed by atoms with van der Waals surface area (Å²) in [5, 5.41) is 3.79. The topological polar surface area (TPSA) is 67.3 Å². The van der Waals surface area contributed by atoms with Crippen molar-refractivity contribution in [3.05, 3.63) is 46.7 Å². The second-order valence-corrected chi connectivity index (χ2v) is 5.61. The second kappa shape index (κ2) is 6.83. The molecule has 2 heterocycles. The Labute approximate surface area is 139 Å². The number of halogens is 1. The fourth-order valence-electron chi connectivity index (χ4n) is 2.44. The predicted molar refractivity (Wildman–Crippen MR) is 87.9 cm³/mol. The van der Waals surface area contributed by atoms with Gasteiger partial charge < -0.3 is 15.0 Å². The van der Waals surface area contributed by atoms with Crippen LogP contribution in [0.2, 0.25) is 5.02 Å². The van der Waals surface area contributed by atoms with Crippen molar-refractivity contribution >= 4 is 29.3 Å². The molecule has 0 unspecified atom stereocenters. The van der Waals surface area contributed by atoms with E-state index in [0.717, 1.165) is 16.9 Å². The molecule has 23 heavy (non-hydrogen) atoms. The average Bonchev–Trinajstić information content (AvgIpc) is 2.54. The van der Waals surface area contributed by atoms with Gasteiger partial charge in [-0.05, 0) is 25.1 Å². The number of nitrogens with one attached hydrogen (secondary N) is 1. The van der Waals surface area contributed by atoms with Crippen LogP contribution in [-0.2, 0) is 17.7 Å².